The van der Waals surface area contributed by atoms with Gasteiger partial charge in [0, 0.05) is 0 Å². The average Bonchev–Trinajstić information content (AvgIpc) is 2.14. The zero-order valence-corrected chi connectivity index (χ0v) is 10.9. The molecule has 1 N–H and O–H groups in total. The van der Waals surface area contributed by atoms with Crippen molar-refractivity contribution in [2.75, 3.05) is 0 Å². The molecule has 0 aliphatic heterocycles. The molecule has 88 valence electrons. The number of rotatable bonds is 2. The Labute approximate surface area is 110 Å². The van der Waals surface area contributed by atoms with Crippen LogP contribution in [0, 0.1) is 5.92 Å². The quantitative estimate of drug-likeness (QED) is 0.810. The molecule has 1 saturated carbocycles. The lowest BCUT2D eigenvalue weighted by atomic mass is 9.70. The number of halogens is 3. The van der Waals surface area contributed by atoms with Gasteiger partial charge in [-0.15, -0.1) is 0 Å². The van der Waals surface area contributed by atoms with Crippen LogP contribution >= 0.6 is 34.8 Å². The molecule has 4 heteroatoms. The van der Waals surface area contributed by atoms with Crippen molar-refractivity contribution in [2.45, 2.75) is 28.7 Å². The minimum absolute atomic E-state index is 0.0300. The van der Waals surface area contributed by atoms with Crippen molar-refractivity contribution < 1.29 is 5.11 Å². The van der Waals surface area contributed by atoms with Gasteiger partial charge in [0.2, 0.25) is 3.79 Å². The SMILES string of the molecule is OC(c1ccccc1)(C1CCC1)C(Cl)(Cl)Cl. The van der Waals surface area contributed by atoms with E-state index in [-0.39, 0.29) is 5.92 Å². The third kappa shape index (κ3) is 1.95. The van der Waals surface area contributed by atoms with E-state index < -0.39 is 9.39 Å². The van der Waals surface area contributed by atoms with Crippen LogP contribution in [0.2, 0.25) is 0 Å². The Bertz CT molecular complexity index is 356. The van der Waals surface area contributed by atoms with Crippen LogP contribution in [0.15, 0.2) is 30.3 Å². The topological polar surface area (TPSA) is 20.2 Å². The molecule has 1 nitrogen and oxygen atoms in total. The number of benzene rings is 1. The largest absolute Gasteiger partial charge is 0.380 e. The molecule has 1 aromatic rings. The van der Waals surface area contributed by atoms with Gasteiger partial charge < -0.3 is 5.11 Å². The Hall–Kier alpha value is 0.0500. The fraction of sp³-hybridized carbons (Fsp3) is 0.500. The van der Waals surface area contributed by atoms with Crippen molar-refractivity contribution in [1.82, 2.24) is 0 Å². The fourth-order valence-corrected chi connectivity index (χ4v) is 2.94. The average molecular weight is 280 g/mol. The van der Waals surface area contributed by atoms with Gasteiger partial charge in [-0.2, -0.15) is 0 Å². The predicted molar refractivity (Wildman–Crippen MR) is 68.0 cm³/mol. The predicted octanol–water partition coefficient (Wildman–Crippen LogP) is 4.04. The molecule has 1 aliphatic carbocycles. The van der Waals surface area contributed by atoms with Crippen molar-refractivity contribution in [1.29, 1.82) is 0 Å². The summed E-state index contributed by atoms with van der Waals surface area (Å²) in [5.74, 6) is 0.0300. The molecule has 0 heterocycles. The lowest BCUT2D eigenvalue weighted by Crippen LogP contribution is -2.49. The van der Waals surface area contributed by atoms with Gasteiger partial charge in [-0.3, -0.25) is 0 Å². The maximum absolute atomic E-state index is 10.7. The zero-order valence-electron chi connectivity index (χ0n) is 8.67. The Morgan fingerprint density at radius 1 is 1.06 bits per heavy atom. The summed E-state index contributed by atoms with van der Waals surface area (Å²) in [6.45, 7) is 0. The van der Waals surface area contributed by atoms with Crippen molar-refractivity contribution in [2.24, 2.45) is 5.92 Å². The van der Waals surface area contributed by atoms with Crippen molar-refractivity contribution >= 4 is 34.8 Å². The molecule has 2 rings (SSSR count). The first kappa shape index (κ1) is 12.5. The van der Waals surface area contributed by atoms with E-state index in [4.69, 9.17) is 34.8 Å². The summed E-state index contributed by atoms with van der Waals surface area (Å²) in [7, 11) is 0. The lowest BCUT2D eigenvalue weighted by Gasteiger charge is -2.45. The zero-order chi connectivity index (χ0) is 11.8. The summed E-state index contributed by atoms with van der Waals surface area (Å²) in [6, 6.07) is 9.17. The van der Waals surface area contributed by atoms with Crippen LogP contribution in [-0.2, 0) is 5.60 Å². The molecule has 0 aromatic heterocycles. The molecule has 0 spiro atoms. The summed E-state index contributed by atoms with van der Waals surface area (Å²) in [4.78, 5) is 0. The first-order valence-electron chi connectivity index (χ1n) is 5.31. The molecule has 1 aliphatic rings. The van der Waals surface area contributed by atoms with Crippen LogP contribution in [0.3, 0.4) is 0 Å². The summed E-state index contributed by atoms with van der Waals surface area (Å²) in [5, 5.41) is 10.7. The first-order valence-corrected chi connectivity index (χ1v) is 6.44. The van der Waals surface area contributed by atoms with Gasteiger partial charge in [-0.25, -0.2) is 0 Å². The standard InChI is InChI=1S/C12H13Cl3O/c13-12(14,15)11(16,10-7-4-8-10)9-5-2-1-3-6-9/h1-3,5-6,10,16H,4,7-8H2. The van der Waals surface area contributed by atoms with E-state index in [1.807, 2.05) is 18.2 Å². The molecule has 0 bridgehead atoms. The maximum atomic E-state index is 10.7. The van der Waals surface area contributed by atoms with Crippen LogP contribution in [0.5, 0.6) is 0 Å². The van der Waals surface area contributed by atoms with Crippen LogP contribution in [0.1, 0.15) is 24.8 Å². The maximum Gasteiger partial charge on any atom is 0.223 e. The van der Waals surface area contributed by atoms with Gasteiger partial charge in [0.15, 0.2) is 0 Å². The minimum atomic E-state index is -1.69. The summed E-state index contributed by atoms with van der Waals surface area (Å²) >= 11 is 17.9. The molecule has 0 radical (unpaired) electrons. The van der Waals surface area contributed by atoms with E-state index in [2.05, 4.69) is 0 Å². The second-order valence-electron chi connectivity index (χ2n) is 4.26. The van der Waals surface area contributed by atoms with E-state index in [0.29, 0.717) is 5.56 Å². The van der Waals surface area contributed by atoms with E-state index >= 15 is 0 Å². The summed E-state index contributed by atoms with van der Waals surface area (Å²) in [6.07, 6.45) is 2.89. The Kier molecular flexibility index (Phi) is 3.42. The van der Waals surface area contributed by atoms with Crippen molar-refractivity contribution in [3.63, 3.8) is 0 Å². The highest BCUT2D eigenvalue weighted by molar-refractivity contribution is 6.68. The third-order valence-corrected chi connectivity index (χ3v) is 4.21. The van der Waals surface area contributed by atoms with Crippen LogP contribution in [0.4, 0.5) is 0 Å². The van der Waals surface area contributed by atoms with Crippen LogP contribution in [0.25, 0.3) is 0 Å². The van der Waals surface area contributed by atoms with E-state index in [1.54, 1.807) is 12.1 Å². The normalized spacial score (nSPS) is 21.2. The molecule has 0 amide bonds. The van der Waals surface area contributed by atoms with Gasteiger partial charge in [-0.05, 0) is 24.3 Å². The number of aliphatic hydroxyl groups is 1. The molecule has 16 heavy (non-hydrogen) atoms. The van der Waals surface area contributed by atoms with Gasteiger partial charge in [0.05, 0.1) is 0 Å². The van der Waals surface area contributed by atoms with Crippen LogP contribution in [-0.4, -0.2) is 8.90 Å². The Balaban J connectivity index is 2.42. The highest BCUT2D eigenvalue weighted by Crippen LogP contribution is 2.54. The molecule has 1 unspecified atom stereocenters. The highest BCUT2D eigenvalue weighted by Gasteiger charge is 2.55. The monoisotopic (exact) mass is 278 g/mol. The van der Waals surface area contributed by atoms with Gasteiger partial charge >= 0.3 is 0 Å². The van der Waals surface area contributed by atoms with Gasteiger partial charge in [0.1, 0.15) is 5.60 Å². The third-order valence-electron chi connectivity index (χ3n) is 3.34. The molecule has 0 saturated heterocycles. The number of alkyl halides is 3. The smallest absolute Gasteiger partial charge is 0.223 e. The Morgan fingerprint density at radius 3 is 2.00 bits per heavy atom. The van der Waals surface area contributed by atoms with Crippen molar-refractivity contribution in [3.05, 3.63) is 35.9 Å². The summed E-state index contributed by atoms with van der Waals surface area (Å²) in [5.41, 5.74) is -0.698. The Morgan fingerprint density at radius 2 is 1.62 bits per heavy atom. The lowest BCUT2D eigenvalue weighted by molar-refractivity contribution is -0.0533. The fourth-order valence-electron chi connectivity index (χ4n) is 2.15. The minimum Gasteiger partial charge on any atom is -0.380 e. The van der Waals surface area contributed by atoms with Crippen LogP contribution < -0.4 is 0 Å². The van der Waals surface area contributed by atoms with E-state index in [0.717, 1.165) is 19.3 Å². The molecule has 1 atom stereocenters. The molecular formula is C12H13Cl3O. The van der Waals surface area contributed by atoms with Crippen molar-refractivity contribution in [3.8, 4) is 0 Å². The summed E-state index contributed by atoms with van der Waals surface area (Å²) < 4.78 is -1.69. The van der Waals surface area contributed by atoms with E-state index in [9.17, 15) is 5.11 Å². The highest BCUT2D eigenvalue weighted by atomic mass is 35.6. The molecule has 1 aromatic carbocycles. The molecular weight excluding hydrogens is 266 g/mol. The number of hydrogen-bond acceptors (Lipinski definition) is 1. The second-order valence-corrected chi connectivity index (χ2v) is 6.54. The number of hydrogen-bond donors (Lipinski definition) is 1. The van der Waals surface area contributed by atoms with Gasteiger partial charge in [-0.1, -0.05) is 71.6 Å². The second kappa shape index (κ2) is 4.38. The van der Waals surface area contributed by atoms with Gasteiger partial charge in [0.25, 0.3) is 0 Å². The first-order chi connectivity index (χ1) is 7.46. The molecule has 1 fully saturated rings. The van der Waals surface area contributed by atoms with E-state index in [1.165, 1.54) is 0 Å².